The van der Waals surface area contributed by atoms with Crippen LogP contribution in [0.4, 0.5) is 22.0 Å². The van der Waals surface area contributed by atoms with Crippen LogP contribution in [0.25, 0.3) is 0 Å². The summed E-state index contributed by atoms with van der Waals surface area (Å²) in [6.45, 7) is 0. The van der Waals surface area contributed by atoms with E-state index in [1.54, 1.807) is 30.3 Å². The Bertz CT molecular complexity index is 676. The van der Waals surface area contributed by atoms with Crippen LogP contribution in [0.1, 0.15) is 11.6 Å². The second kappa shape index (κ2) is 7.91. The van der Waals surface area contributed by atoms with E-state index in [1.807, 2.05) is 0 Å². The van der Waals surface area contributed by atoms with Gasteiger partial charge in [-0.2, -0.15) is 22.0 Å². The van der Waals surface area contributed by atoms with Crippen molar-refractivity contribution in [2.75, 3.05) is 0 Å². The number of alkyl halides is 5. The van der Waals surface area contributed by atoms with E-state index in [0.717, 1.165) is 11.8 Å². The van der Waals surface area contributed by atoms with Crippen LogP contribution in [0.15, 0.2) is 58.3 Å². The highest BCUT2D eigenvalue weighted by molar-refractivity contribution is 7.99. The average Bonchev–Trinajstić information content (AvgIpc) is 2.48. The van der Waals surface area contributed by atoms with Crippen molar-refractivity contribution in [3.8, 4) is 0 Å². The first-order valence-corrected chi connectivity index (χ1v) is 7.55. The van der Waals surface area contributed by atoms with Gasteiger partial charge in [0.25, 0.3) is 0 Å². The van der Waals surface area contributed by atoms with Crippen molar-refractivity contribution in [2.45, 2.75) is 27.9 Å². The van der Waals surface area contributed by atoms with Gasteiger partial charge in [-0.05, 0) is 35.9 Å². The zero-order valence-electron chi connectivity index (χ0n) is 11.9. The fourth-order valence-electron chi connectivity index (χ4n) is 1.83. The summed E-state index contributed by atoms with van der Waals surface area (Å²) in [6.07, 6.45) is -5.72. The molecule has 1 nitrogen and oxygen atoms in total. The summed E-state index contributed by atoms with van der Waals surface area (Å²) in [5, 5.41) is 0.489. The van der Waals surface area contributed by atoms with E-state index in [1.165, 1.54) is 18.2 Å². The van der Waals surface area contributed by atoms with Gasteiger partial charge in [0.05, 0.1) is 0 Å². The molecule has 24 heavy (non-hydrogen) atoms. The number of hydrogen-bond acceptors (Lipinski definition) is 2. The minimum Gasteiger partial charge on any atom is -0.319 e. The lowest BCUT2D eigenvalue weighted by Crippen LogP contribution is -2.46. The molecule has 2 N–H and O–H groups in total. The summed E-state index contributed by atoms with van der Waals surface area (Å²) < 4.78 is 64.6. The van der Waals surface area contributed by atoms with Gasteiger partial charge in [0, 0.05) is 14.8 Å². The molecule has 2 rings (SSSR count). The first-order valence-electron chi connectivity index (χ1n) is 6.35. The Hall–Kier alpha value is -1.02. The summed E-state index contributed by atoms with van der Waals surface area (Å²) in [7, 11) is 0. The van der Waals surface area contributed by atoms with Crippen molar-refractivity contribution in [1.29, 1.82) is 0 Å². The summed E-state index contributed by atoms with van der Waals surface area (Å²) in [5.41, 5.74) is 4.96. The minimum atomic E-state index is -5.72. The van der Waals surface area contributed by atoms with Gasteiger partial charge in [-0.1, -0.05) is 41.6 Å². The van der Waals surface area contributed by atoms with Crippen LogP contribution in [-0.2, 0) is 0 Å². The predicted molar refractivity (Wildman–Crippen MR) is 87.2 cm³/mol. The van der Waals surface area contributed by atoms with Crippen molar-refractivity contribution in [2.24, 2.45) is 5.73 Å². The monoisotopic (exact) mass is 403 g/mol. The molecule has 2 aromatic rings. The fraction of sp³-hybridized carbons (Fsp3) is 0.200. The predicted octanol–water partition coefficient (Wildman–Crippen LogP) is 6.11. The first-order chi connectivity index (χ1) is 10.6. The topological polar surface area (TPSA) is 26.0 Å². The van der Waals surface area contributed by atoms with Crippen LogP contribution < -0.4 is 5.73 Å². The second-order valence-corrected chi connectivity index (χ2v) is 6.24. The third-order valence-electron chi connectivity index (χ3n) is 3.06. The van der Waals surface area contributed by atoms with E-state index < -0.39 is 18.1 Å². The molecule has 0 radical (unpaired) electrons. The third kappa shape index (κ3) is 4.53. The molecule has 0 fully saturated rings. The van der Waals surface area contributed by atoms with Crippen LogP contribution in [-0.4, -0.2) is 12.1 Å². The number of rotatable bonds is 4. The number of benzene rings is 2. The SMILES string of the molecule is Cl.N[C@@H](c1ccccc1Sc1ccc(Cl)cc1)C(F)(F)C(F)(F)F. The molecule has 0 heterocycles. The number of halogens is 7. The van der Waals surface area contributed by atoms with Gasteiger partial charge in [0.1, 0.15) is 6.04 Å². The smallest absolute Gasteiger partial charge is 0.319 e. The van der Waals surface area contributed by atoms with Crippen molar-refractivity contribution < 1.29 is 22.0 Å². The average molecular weight is 404 g/mol. The third-order valence-corrected chi connectivity index (χ3v) is 4.42. The van der Waals surface area contributed by atoms with Crippen molar-refractivity contribution in [1.82, 2.24) is 0 Å². The van der Waals surface area contributed by atoms with Crippen molar-refractivity contribution in [3.63, 3.8) is 0 Å². The quantitative estimate of drug-likeness (QED) is 0.623. The lowest BCUT2D eigenvalue weighted by Gasteiger charge is -2.27. The van der Waals surface area contributed by atoms with E-state index in [2.05, 4.69) is 0 Å². The van der Waals surface area contributed by atoms with Gasteiger partial charge < -0.3 is 5.73 Å². The van der Waals surface area contributed by atoms with E-state index in [-0.39, 0.29) is 22.9 Å². The van der Waals surface area contributed by atoms with Crippen molar-refractivity contribution in [3.05, 3.63) is 59.1 Å². The Morgan fingerprint density at radius 1 is 0.917 bits per heavy atom. The van der Waals surface area contributed by atoms with Gasteiger partial charge in [-0.15, -0.1) is 12.4 Å². The number of nitrogens with two attached hydrogens (primary N) is 1. The van der Waals surface area contributed by atoms with Crippen LogP contribution in [0.5, 0.6) is 0 Å². The molecule has 9 heteroatoms. The maximum atomic E-state index is 13.5. The minimum absolute atomic E-state index is 0. The van der Waals surface area contributed by atoms with E-state index >= 15 is 0 Å². The molecule has 2 aromatic carbocycles. The first kappa shape index (κ1) is 21.0. The van der Waals surface area contributed by atoms with E-state index in [4.69, 9.17) is 17.3 Å². The lowest BCUT2D eigenvalue weighted by atomic mass is 10.0. The molecule has 0 unspecified atom stereocenters. The van der Waals surface area contributed by atoms with Crippen LogP contribution >= 0.6 is 35.8 Å². The van der Waals surface area contributed by atoms with Gasteiger partial charge in [0.15, 0.2) is 0 Å². The highest BCUT2D eigenvalue weighted by Gasteiger charge is 2.62. The van der Waals surface area contributed by atoms with Crippen LogP contribution in [0.2, 0.25) is 5.02 Å². The summed E-state index contributed by atoms with van der Waals surface area (Å²) in [4.78, 5) is 0.871. The van der Waals surface area contributed by atoms with Crippen LogP contribution in [0.3, 0.4) is 0 Å². The summed E-state index contributed by atoms with van der Waals surface area (Å²) in [5.74, 6) is -5.02. The highest BCUT2D eigenvalue weighted by atomic mass is 35.5. The normalized spacial score (nSPS) is 13.3. The van der Waals surface area contributed by atoms with E-state index in [0.29, 0.717) is 9.92 Å². The maximum Gasteiger partial charge on any atom is 0.455 e. The van der Waals surface area contributed by atoms with E-state index in [9.17, 15) is 22.0 Å². The zero-order valence-corrected chi connectivity index (χ0v) is 14.2. The Morgan fingerprint density at radius 2 is 1.46 bits per heavy atom. The molecule has 0 aromatic heterocycles. The van der Waals surface area contributed by atoms with Gasteiger partial charge >= 0.3 is 12.1 Å². The molecule has 0 aliphatic carbocycles. The highest BCUT2D eigenvalue weighted by Crippen LogP contribution is 2.45. The van der Waals surface area contributed by atoms with Crippen LogP contribution in [0, 0.1) is 0 Å². The fourth-order valence-corrected chi connectivity index (χ4v) is 2.94. The lowest BCUT2D eigenvalue weighted by molar-refractivity contribution is -0.291. The standard InChI is InChI=1S/C15H11ClF5NS.ClH/c16-9-5-7-10(8-6-9)23-12-4-2-1-3-11(12)13(22)14(17,18)15(19,20)21;/h1-8,13H,22H2;1H/t13-;/m0./s1. The number of hydrogen-bond donors (Lipinski definition) is 1. The maximum absolute atomic E-state index is 13.5. The molecule has 0 saturated carbocycles. The second-order valence-electron chi connectivity index (χ2n) is 4.69. The van der Waals surface area contributed by atoms with Gasteiger partial charge in [-0.25, -0.2) is 0 Å². The molecule has 0 bridgehead atoms. The molecule has 0 saturated heterocycles. The Balaban J connectivity index is 0.00000288. The molecule has 0 aliphatic heterocycles. The van der Waals surface area contributed by atoms with Gasteiger partial charge in [-0.3, -0.25) is 0 Å². The molecular weight excluding hydrogens is 392 g/mol. The van der Waals surface area contributed by atoms with Gasteiger partial charge in [0.2, 0.25) is 0 Å². The zero-order chi connectivity index (χ0) is 17.3. The largest absolute Gasteiger partial charge is 0.455 e. The molecule has 1 atom stereocenters. The molecule has 0 spiro atoms. The summed E-state index contributed by atoms with van der Waals surface area (Å²) >= 11 is 6.79. The Morgan fingerprint density at radius 3 is 2.00 bits per heavy atom. The molecule has 0 amide bonds. The molecular formula is C15H12Cl2F5NS. The Labute approximate surface area is 150 Å². The molecule has 132 valence electrons. The molecule has 0 aliphatic rings. The summed E-state index contributed by atoms with van der Waals surface area (Å²) in [6, 6.07) is 9.50. The Kier molecular flexibility index (Phi) is 6.93. The van der Waals surface area contributed by atoms with Crippen molar-refractivity contribution >= 4 is 35.8 Å².